The van der Waals surface area contributed by atoms with Crippen molar-refractivity contribution in [3.05, 3.63) is 149 Å². The van der Waals surface area contributed by atoms with Gasteiger partial charge < -0.3 is 13.4 Å². The standard InChI is InChI=1S/C45H27N3O2/c1-26-21-42-37(43-41(49-42)20-18-34-36-22-29(17-19-40(36)50-45(34)43)28-15-13-27(24-46)14-16-28)23-35(26)33-10-6-7-30(25-47)44(33)48-38-11-4-2-8-31(38)32-9-3-5-12-39(32)48/h2-20,22-23,26H,21H2,1H3. The van der Waals surface area contributed by atoms with Crippen LogP contribution in [0.25, 0.3) is 83.2 Å². The molecular weight excluding hydrogens is 615 g/mol. The molecule has 50 heavy (non-hydrogen) atoms. The molecule has 0 aliphatic heterocycles. The van der Waals surface area contributed by atoms with Gasteiger partial charge in [-0.15, -0.1) is 0 Å². The van der Waals surface area contributed by atoms with E-state index in [0.717, 1.165) is 100 Å². The number of hydrogen-bond donors (Lipinski definition) is 0. The summed E-state index contributed by atoms with van der Waals surface area (Å²) in [5.41, 5.74) is 12.0. The first-order valence-electron chi connectivity index (χ1n) is 16.8. The van der Waals surface area contributed by atoms with Gasteiger partial charge in [0.1, 0.15) is 28.6 Å². The molecule has 1 atom stereocenters. The van der Waals surface area contributed by atoms with Crippen LogP contribution >= 0.6 is 0 Å². The van der Waals surface area contributed by atoms with Gasteiger partial charge in [0.2, 0.25) is 0 Å². The Morgan fingerprint density at radius 1 is 0.660 bits per heavy atom. The van der Waals surface area contributed by atoms with Crippen molar-refractivity contribution < 1.29 is 8.83 Å². The van der Waals surface area contributed by atoms with E-state index >= 15 is 0 Å². The van der Waals surface area contributed by atoms with Crippen LogP contribution in [0.1, 0.15) is 34.9 Å². The Labute approximate surface area is 287 Å². The molecule has 0 spiro atoms. The highest BCUT2D eigenvalue weighted by atomic mass is 16.3. The molecule has 0 saturated heterocycles. The molecule has 5 heteroatoms. The minimum absolute atomic E-state index is 0.144. The van der Waals surface area contributed by atoms with Crippen molar-refractivity contribution >= 4 is 66.4 Å². The Morgan fingerprint density at radius 3 is 2.12 bits per heavy atom. The van der Waals surface area contributed by atoms with E-state index < -0.39 is 0 Å². The minimum atomic E-state index is 0.144. The fraction of sp³-hybridized carbons (Fsp3) is 0.0667. The topological polar surface area (TPSA) is 78.8 Å². The number of benzene rings is 6. The van der Waals surface area contributed by atoms with Gasteiger partial charge in [-0.1, -0.05) is 73.7 Å². The van der Waals surface area contributed by atoms with Crippen LogP contribution < -0.4 is 0 Å². The van der Waals surface area contributed by atoms with Crippen molar-refractivity contribution in [1.29, 1.82) is 10.5 Å². The Hall–Kier alpha value is -6.82. The third-order valence-electron chi connectivity index (χ3n) is 10.3. The van der Waals surface area contributed by atoms with Crippen LogP contribution in [0.2, 0.25) is 0 Å². The largest absolute Gasteiger partial charge is 0.460 e. The van der Waals surface area contributed by atoms with Crippen molar-refractivity contribution in [1.82, 2.24) is 4.57 Å². The van der Waals surface area contributed by atoms with E-state index in [0.29, 0.717) is 11.1 Å². The fourth-order valence-electron chi connectivity index (χ4n) is 8.01. The zero-order chi connectivity index (χ0) is 33.5. The van der Waals surface area contributed by atoms with Crippen molar-refractivity contribution in [2.24, 2.45) is 5.92 Å². The summed E-state index contributed by atoms with van der Waals surface area (Å²) in [5, 5.41) is 25.1. The number of aromatic nitrogens is 1. The van der Waals surface area contributed by atoms with E-state index in [1.807, 2.05) is 42.5 Å². The van der Waals surface area contributed by atoms with E-state index in [9.17, 15) is 10.5 Å². The number of para-hydroxylation sites is 3. The Bertz CT molecular complexity index is 2940. The van der Waals surface area contributed by atoms with Gasteiger partial charge in [0.05, 0.1) is 39.3 Å². The molecule has 5 nitrogen and oxygen atoms in total. The average molecular weight is 642 g/mol. The maximum atomic E-state index is 10.5. The highest BCUT2D eigenvalue weighted by molar-refractivity contribution is 6.18. The molecule has 1 aliphatic carbocycles. The van der Waals surface area contributed by atoms with E-state index in [1.54, 1.807) is 0 Å². The Morgan fingerprint density at radius 2 is 1.38 bits per heavy atom. The quantitative estimate of drug-likeness (QED) is 0.192. The normalized spacial score (nSPS) is 14.3. The molecule has 10 rings (SSSR count). The van der Waals surface area contributed by atoms with Crippen LogP contribution in [0.15, 0.2) is 130 Å². The Balaban J connectivity index is 1.20. The molecule has 234 valence electrons. The lowest BCUT2D eigenvalue weighted by Gasteiger charge is -2.24. The van der Waals surface area contributed by atoms with Crippen LogP contribution in [0.4, 0.5) is 0 Å². The second kappa shape index (κ2) is 10.6. The number of allylic oxidation sites excluding steroid dienone is 1. The monoisotopic (exact) mass is 641 g/mol. The minimum Gasteiger partial charge on any atom is -0.460 e. The summed E-state index contributed by atoms with van der Waals surface area (Å²) in [7, 11) is 0. The predicted molar refractivity (Wildman–Crippen MR) is 200 cm³/mol. The summed E-state index contributed by atoms with van der Waals surface area (Å²) in [6, 6.07) is 45.7. The van der Waals surface area contributed by atoms with Crippen LogP contribution in [0, 0.1) is 28.6 Å². The highest BCUT2D eigenvalue weighted by Crippen LogP contribution is 2.46. The van der Waals surface area contributed by atoms with Gasteiger partial charge in [-0.3, -0.25) is 0 Å². The molecule has 9 aromatic rings. The molecule has 0 N–H and O–H groups in total. The van der Waals surface area contributed by atoms with Crippen LogP contribution in [-0.4, -0.2) is 4.57 Å². The number of hydrogen-bond acceptors (Lipinski definition) is 4. The van der Waals surface area contributed by atoms with Gasteiger partial charge in [0, 0.05) is 39.1 Å². The Kier molecular flexibility index (Phi) is 5.98. The maximum Gasteiger partial charge on any atom is 0.147 e. The predicted octanol–water partition coefficient (Wildman–Crippen LogP) is 11.6. The molecule has 0 saturated carbocycles. The first-order valence-corrected chi connectivity index (χ1v) is 16.8. The number of fused-ring (bicyclic) bond motifs is 10. The highest BCUT2D eigenvalue weighted by Gasteiger charge is 2.29. The molecular formula is C45H27N3O2. The first kappa shape index (κ1) is 28.2. The number of furan rings is 2. The molecule has 1 unspecified atom stereocenters. The SMILES string of the molecule is CC1Cc2oc3ccc4c5cc(-c6ccc(C#N)cc6)ccc5oc4c3c2C=C1c1cccc(C#N)c1-n1c2ccccc2c2ccccc21. The van der Waals surface area contributed by atoms with E-state index in [-0.39, 0.29) is 5.92 Å². The van der Waals surface area contributed by atoms with Crippen LogP contribution in [0.3, 0.4) is 0 Å². The lowest BCUT2D eigenvalue weighted by molar-refractivity contribution is 0.518. The second-order valence-corrected chi connectivity index (χ2v) is 13.1. The number of rotatable bonds is 3. The summed E-state index contributed by atoms with van der Waals surface area (Å²) in [5.74, 6) is 1.09. The summed E-state index contributed by atoms with van der Waals surface area (Å²) in [6.45, 7) is 2.23. The van der Waals surface area contributed by atoms with E-state index in [1.165, 1.54) is 0 Å². The average Bonchev–Trinajstić information content (AvgIpc) is 3.83. The van der Waals surface area contributed by atoms with Crippen LogP contribution in [-0.2, 0) is 6.42 Å². The lowest BCUT2D eigenvalue weighted by atomic mass is 9.82. The molecule has 0 fully saturated rings. The van der Waals surface area contributed by atoms with Crippen molar-refractivity contribution in [2.45, 2.75) is 13.3 Å². The van der Waals surface area contributed by atoms with E-state index in [2.05, 4.69) is 109 Å². The molecule has 0 amide bonds. The van der Waals surface area contributed by atoms with Crippen molar-refractivity contribution in [3.63, 3.8) is 0 Å². The zero-order valence-corrected chi connectivity index (χ0v) is 27.1. The summed E-state index contributed by atoms with van der Waals surface area (Å²) in [6.07, 6.45) is 2.99. The van der Waals surface area contributed by atoms with Gasteiger partial charge in [-0.05, 0) is 83.3 Å². The summed E-state index contributed by atoms with van der Waals surface area (Å²) in [4.78, 5) is 0. The van der Waals surface area contributed by atoms with Crippen molar-refractivity contribution in [2.75, 3.05) is 0 Å². The maximum absolute atomic E-state index is 10.5. The van der Waals surface area contributed by atoms with Crippen LogP contribution in [0.5, 0.6) is 0 Å². The summed E-state index contributed by atoms with van der Waals surface area (Å²) < 4.78 is 15.4. The number of nitriles is 2. The van der Waals surface area contributed by atoms with Gasteiger partial charge in [-0.25, -0.2) is 0 Å². The molecule has 3 aromatic heterocycles. The van der Waals surface area contributed by atoms with Gasteiger partial charge in [-0.2, -0.15) is 10.5 Å². The molecule has 1 aliphatic rings. The zero-order valence-electron chi connectivity index (χ0n) is 27.1. The second-order valence-electron chi connectivity index (χ2n) is 13.1. The van der Waals surface area contributed by atoms with E-state index in [4.69, 9.17) is 8.83 Å². The molecule has 0 bridgehead atoms. The lowest BCUT2D eigenvalue weighted by Crippen LogP contribution is -2.11. The molecule has 3 heterocycles. The third-order valence-corrected chi connectivity index (χ3v) is 10.3. The van der Waals surface area contributed by atoms with Crippen molar-refractivity contribution in [3.8, 4) is 29.0 Å². The first-order chi connectivity index (χ1) is 24.6. The molecule has 0 radical (unpaired) electrons. The molecule has 6 aromatic carbocycles. The van der Waals surface area contributed by atoms with Gasteiger partial charge in [0.15, 0.2) is 0 Å². The van der Waals surface area contributed by atoms with Gasteiger partial charge in [0.25, 0.3) is 0 Å². The summed E-state index contributed by atoms with van der Waals surface area (Å²) >= 11 is 0. The fourth-order valence-corrected chi connectivity index (χ4v) is 8.01. The van der Waals surface area contributed by atoms with Gasteiger partial charge >= 0.3 is 0 Å². The third kappa shape index (κ3) is 3.98. The smallest absolute Gasteiger partial charge is 0.147 e. The number of nitrogens with zero attached hydrogens (tertiary/aromatic N) is 3.